The highest BCUT2D eigenvalue weighted by Crippen LogP contribution is 2.55. The number of hydrogen-bond donors (Lipinski definition) is 0. The molecule has 0 aromatic rings. The fourth-order valence-corrected chi connectivity index (χ4v) is 9.32. The van der Waals surface area contributed by atoms with Crippen molar-refractivity contribution >= 4 is 8.07 Å². The number of rotatable bonds is 7. The summed E-state index contributed by atoms with van der Waals surface area (Å²) in [6, 6.07) is -0.648. The molecule has 0 fully saturated rings. The molecule has 2 unspecified atom stereocenters. The van der Waals surface area contributed by atoms with Crippen LogP contribution in [0.15, 0.2) is 94.5 Å². The Kier molecular flexibility index (Phi) is 6.06. The standard InChI is InChI=1S/C25H21F9Si/c1-35(20-12-10-16-6-2-4-8-18(16)20,21-13-11-17-7-3-5-9-19(17)21)15-14-22(26,27)23(28,29)24(30,31)25(32,33)34/h2-13,16-17H,14-15H2,1H3. The average molecular weight is 521 g/mol. The zero-order valence-electron chi connectivity index (χ0n) is 18.4. The van der Waals surface area contributed by atoms with Gasteiger partial charge in [0.1, 0.15) is 8.07 Å². The molecule has 4 rings (SSSR count). The lowest BCUT2D eigenvalue weighted by molar-refractivity contribution is -0.396. The normalized spacial score (nSPS) is 25.5. The summed E-state index contributed by atoms with van der Waals surface area (Å²) in [4.78, 5) is 0. The molecule has 0 N–H and O–H groups in total. The Hall–Kier alpha value is -2.49. The van der Waals surface area contributed by atoms with Crippen molar-refractivity contribution in [2.24, 2.45) is 11.8 Å². The number of halogens is 9. The summed E-state index contributed by atoms with van der Waals surface area (Å²) >= 11 is 0. The number of allylic oxidation sites excluding steroid dienone is 16. The third kappa shape index (κ3) is 3.93. The van der Waals surface area contributed by atoms with Crippen LogP contribution in [0.3, 0.4) is 0 Å². The van der Waals surface area contributed by atoms with E-state index in [-0.39, 0.29) is 11.8 Å². The molecule has 4 aliphatic rings. The summed E-state index contributed by atoms with van der Waals surface area (Å²) in [6.45, 7) is 1.67. The number of fused-ring (bicyclic) bond motifs is 2. The van der Waals surface area contributed by atoms with Gasteiger partial charge in [-0.25, -0.2) is 0 Å². The number of hydrogen-bond acceptors (Lipinski definition) is 0. The second-order valence-electron chi connectivity index (χ2n) is 9.18. The minimum absolute atomic E-state index is 0.146. The molecule has 0 nitrogen and oxygen atoms in total. The van der Waals surface area contributed by atoms with Crippen molar-refractivity contribution in [2.45, 2.75) is 43.0 Å². The van der Waals surface area contributed by atoms with Crippen LogP contribution >= 0.6 is 0 Å². The molecule has 0 heterocycles. The predicted octanol–water partition coefficient (Wildman–Crippen LogP) is 8.22. The fourth-order valence-electron chi connectivity index (χ4n) is 4.97. The largest absolute Gasteiger partial charge is 0.460 e. The van der Waals surface area contributed by atoms with Crippen molar-refractivity contribution in [3.63, 3.8) is 0 Å². The van der Waals surface area contributed by atoms with Crippen LogP contribution in [0.1, 0.15) is 6.42 Å². The van der Waals surface area contributed by atoms with Gasteiger partial charge in [-0.15, -0.1) is 0 Å². The molecule has 0 aromatic carbocycles. The lowest BCUT2D eigenvalue weighted by Gasteiger charge is -2.37. The molecule has 0 saturated heterocycles. The van der Waals surface area contributed by atoms with E-state index in [9.17, 15) is 39.5 Å². The molecule has 0 bridgehead atoms. The van der Waals surface area contributed by atoms with Gasteiger partial charge in [0.25, 0.3) is 0 Å². The van der Waals surface area contributed by atoms with Crippen molar-refractivity contribution < 1.29 is 39.5 Å². The van der Waals surface area contributed by atoms with E-state index in [4.69, 9.17) is 0 Å². The van der Waals surface area contributed by atoms with Gasteiger partial charge in [-0.3, -0.25) is 0 Å². The van der Waals surface area contributed by atoms with E-state index in [0.717, 1.165) is 11.1 Å². The van der Waals surface area contributed by atoms with Crippen LogP contribution in [-0.2, 0) is 0 Å². The van der Waals surface area contributed by atoms with Gasteiger partial charge < -0.3 is 0 Å². The van der Waals surface area contributed by atoms with Crippen molar-refractivity contribution in [3.8, 4) is 0 Å². The number of alkyl halides is 9. The van der Waals surface area contributed by atoms with Gasteiger partial charge in [-0.2, -0.15) is 39.5 Å². The Balaban J connectivity index is 1.76. The Morgan fingerprint density at radius 3 is 1.51 bits per heavy atom. The third-order valence-corrected chi connectivity index (χ3v) is 11.6. The Morgan fingerprint density at radius 2 is 1.09 bits per heavy atom. The highest BCUT2D eigenvalue weighted by Gasteiger charge is 2.81. The second kappa shape index (κ2) is 8.28. The van der Waals surface area contributed by atoms with Gasteiger partial charge in [-0.1, -0.05) is 89.9 Å². The van der Waals surface area contributed by atoms with Crippen LogP contribution in [0.25, 0.3) is 0 Å². The first kappa shape index (κ1) is 25.6. The highest BCUT2D eigenvalue weighted by molar-refractivity contribution is 6.93. The highest BCUT2D eigenvalue weighted by atomic mass is 28.3. The van der Waals surface area contributed by atoms with Crippen LogP contribution in [0, 0.1) is 11.8 Å². The summed E-state index contributed by atoms with van der Waals surface area (Å²) in [5.41, 5.74) is 1.58. The van der Waals surface area contributed by atoms with E-state index in [1.807, 2.05) is 24.3 Å². The molecular formula is C25H21F9Si. The van der Waals surface area contributed by atoms with Gasteiger partial charge in [0, 0.05) is 18.3 Å². The van der Waals surface area contributed by atoms with E-state index in [1.165, 1.54) is 0 Å². The molecule has 188 valence electrons. The van der Waals surface area contributed by atoms with E-state index < -0.39 is 44.5 Å². The van der Waals surface area contributed by atoms with Crippen molar-refractivity contribution in [2.75, 3.05) is 0 Å². The maximum Gasteiger partial charge on any atom is 0.460 e. The Bertz CT molecular complexity index is 1080. The fraction of sp³-hybridized carbons (Fsp3) is 0.360. The first-order valence-corrected chi connectivity index (χ1v) is 13.6. The molecule has 2 atom stereocenters. The summed E-state index contributed by atoms with van der Waals surface area (Å²) in [5.74, 6) is -19.4. The molecule has 4 aliphatic carbocycles. The first-order chi connectivity index (χ1) is 16.1. The zero-order valence-corrected chi connectivity index (χ0v) is 19.4. The quantitative estimate of drug-likeness (QED) is 0.234. The monoisotopic (exact) mass is 520 g/mol. The van der Waals surface area contributed by atoms with Crippen LogP contribution in [0.5, 0.6) is 0 Å². The molecule has 10 heteroatoms. The van der Waals surface area contributed by atoms with Gasteiger partial charge in [-0.05, 0) is 17.2 Å². The molecule has 0 saturated carbocycles. The molecule has 35 heavy (non-hydrogen) atoms. The summed E-state index contributed by atoms with van der Waals surface area (Å²) < 4.78 is 122. The molecule has 0 aromatic heterocycles. The van der Waals surface area contributed by atoms with Crippen LogP contribution in [-0.4, -0.2) is 32.0 Å². The average Bonchev–Trinajstić information content (AvgIpc) is 3.42. The van der Waals surface area contributed by atoms with Gasteiger partial charge >= 0.3 is 23.9 Å². The van der Waals surface area contributed by atoms with E-state index >= 15 is 0 Å². The summed E-state index contributed by atoms with van der Waals surface area (Å²) in [5, 5.41) is 1.33. The van der Waals surface area contributed by atoms with E-state index in [2.05, 4.69) is 0 Å². The van der Waals surface area contributed by atoms with Crippen molar-refractivity contribution in [3.05, 3.63) is 94.5 Å². The van der Waals surface area contributed by atoms with Gasteiger partial charge in [0.2, 0.25) is 0 Å². The smallest absolute Gasteiger partial charge is 0.200 e. The van der Waals surface area contributed by atoms with Gasteiger partial charge in [0.15, 0.2) is 0 Å². The zero-order chi connectivity index (χ0) is 25.9. The molecule has 0 spiro atoms. The SMILES string of the molecule is C[Si](CCC(F)(F)C(F)(F)C(F)(F)C(F)(F)F)(C1=C2C=CC=CC2C=C1)C1=C2C=CC=CC2C=C1. The topological polar surface area (TPSA) is 0 Å². The lowest BCUT2D eigenvalue weighted by atomic mass is 9.98. The van der Waals surface area contributed by atoms with Crippen LogP contribution in [0.2, 0.25) is 12.6 Å². The van der Waals surface area contributed by atoms with Crippen LogP contribution in [0.4, 0.5) is 39.5 Å². The van der Waals surface area contributed by atoms with Crippen LogP contribution < -0.4 is 0 Å². The van der Waals surface area contributed by atoms with E-state index in [0.29, 0.717) is 10.4 Å². The van der Waals surface area contributed by atoms with Crippen molar-refractivity contribution in [1.29, 1.82) is 0 Å². The minimum atomic E-state index is -6.88. The second-order valence-corrected chi connectivity index (χ2v) is 13.4. The third-order valence-electron chi connectivity index (χ3n) is 7.03. The van der Waals surface area contributed by atoms with E-state index in [1.54, 1.807) is 55.2 Å². The maximum atomic E-state index is 14.6. The van der Waals surface area contributed by atoms with Crippen molar-refractivity contribution in [1.82, 2.24) is 0 Å². The first-order valence-electron chi connectivity index (χ1n) is 10.9. The molecule has 0 aliphatic heterocycles. The Morgan fingerprint density at radius 1 is 0.629 bits per heavy atom. The summed E-state index contributed by atoms with van der Waals surface area (Å²) in [6.07, 6.45) is 12.9. The minimum Gasteiger partial charge on any atom is -0.200 e. The molecule has 0 amide bonds. The molecule has 0 radical (unpaired) electrons. The molecular weight excluding hydrogens is 499 g/mol. The lowest BCUT2D eigenvalue weighted by Crippen LogP contribution is -2.61. The Labute approximate surface area is 197 Å². The van der Waals surface area contributed by atoms with Gasteiger partial charge in [0.05, 0.1) is 0 Å². The predicted molar refractivity (Wildman–Crippen MR) is 118 cm³/mol. The summed E-state index contributed by atoms with van der Waals surface area (Å²) in [7, 11) is -3.32. The maximum absolute atomic E-state index is 14.6.